The second-order valence-electron chi connectivity index (χ2n) is 4.84. The van der Waals surface area contributed by atoms with Gasteiger partial charge < -0.3 is 5.73 Å². The second kappa shape index (κ2) is 5.71. The predicted molar refractivity (Wildman–Crippen MR) is 71.7 cm³/mol. The van der Waals surface area contributed by atoms with Crippen molar-refractivity contribution in [1.82, 2.24) is 14.5 Å². The number of rotatable bonds is 6. The summed E-state index contributed by atoms with van der Waals surface area (Å²) in [5.74, 6) is 0.436. The average Bonchev–Trinajstić information content (AvgIpc) is 2.68. The highest BCUT2D eigenvalue weighted by Crippen LogP contribution is 2.22. The summed E-state index contributed by atoms with van der Waals surface area (Å²) in [4.78, 5) is 0.0588. The Morgan fingerprint density at radius 1 is 1.44 bits per heavy atom. The molecule has 1 rings (SSSR count). The SMILES string of the molecule is CCC(C)n1ncc(S(=O)(=O)NCC(C)C)c1N. The lowest BCUT2D eigenvalue weighted by Crippen LogP contribution is -2.28. The molecule has 7 heteroatoms. The molecule has 1 unspecified atom stereocenters. The Bertz CT molecular complexity index is 493. The number of nitrogens with zero attached hydrogens (tertiary/aromatic N) is 2. The number of anilines is 1. The van der Waals surface area contributed by atoms with Crippen molar-refractivity contribution >= 4 is 15.8 Å². The van der Waals surface area contributed by atoms with E-state index >= 15 is 0 Å². The van der Waals surface area contributed by atoms with E-state index in [0.29, 0.717) is 6.54 Å². The Balaban J connectivity index is 3.00. The van der Waals surface area contributed by atoms with Crippen LogP contribution in [0.25, 0.3) is 0 Å². The van der Waals surface area contributed by atoms with Gasteiger partial charge >= 0.3 is 0 Å². The highest BCUT2D eigenvalue weighted by molar-refractivity contribution is 7.89. The van der Waals surface area contributed by atoms with E-state index in [0.717, 1.165) is 6.42 Å². The van der Waals surface area contributed by atoms with E-state index in [9.17, 15) is 8.42 Å². The van der Waals surface area contributed by atoms with Crippen LogP contribution in [0.5, 0.6) is 0 Å². The smallest absolute Gasteiger partial charge is 0.245 e. The Kier molecular flexibility index (Phi) is 4.75. The molecule has 0 amide bonds. The Hall–Kier alpha value is -1.08. The first kappa shape index (κ1) is 15.0. The van der Waals surface area contributed by atoms with Gasteiger partial charge in [-0.15, -0.1) is 0 Å². The minimum atomic E-state index is -3.57. The zero-order valence-corrected chi connectivity index (χ0v) is 12.2. The summed E-state index contributed by atoms with van der Waals surface area (Å²) in [5, 5.41) is 4.05. The lowest BCUT2D eigenvalue weighted by atomic mass is 10.2. The van der Waals surface area contributed by atoms with E-state index < -0.39 is 10.0 Å². The molecule has 1 aromatic rings. The summed E-state index contributed by atoms with van der Waals surface area (Å²) in [6.07, 6.45) is 2.15. The lowest BCUT2D eigenvalue weighted by Gasteiger charge is -2.12. The standard InChI is InChI=1S/C11H22N4O2S/c1-5-9(4)15-11(12)10(7-13-15)18(16,17)14-6-8(2)3/h7-9,14H,5-6,12H2,1-4H3. The number of hydrogen-bond donors (Lipinski definition) is 2. The molecule has 0 fully saturated rings. The highest BCUT2D eigenvalue weighted by atomic mass is 32.2. The molecule has 0 aromatic carbocycles. The van der Waals surface area contributed by atoms with Crippen molar-refractivity contribution in [3.8, 4) is 0 Å². The highest BCUT2D eigenvalue weighted by Gasteiger charge is 2.22. The van der Waals surface area contributed by atoms with Crippen molar-refractivity contribution in [2.45, 2.75) is 45.1 Å². The van der Waals surface area contributed by atoms with Gasteiger partial charge in [-0.2, -0.15) is 5.10 Å². The quantitative estimate of drug-likeness (QED) is 0.819. The van der Waals surface area contributed by atoms with E-state index in [2.05, 4.69) is 9.82 Å². The van der Waals surface area contributed by atoms with Crippen LogP contribution in [-0.2, 0) is 10.0 Å². The topological polar surface area (TPSA) is 90.0 Å². The minimum Gasteiger partial charge on any atom is -0.383 e. The van der Waals surface area contributed by atoms with Crippen molar-refractivity contribution in [3.63, 3.8) is 0 Å². The largest absolute Gasteiger partial charge is 0.383 e. The number of hydrogen-bond acceptors (Lipinski definition) is 4. The molecule has 1 atom stereocenters. The summed E-state index contributed by atoms with van der Waals surface area (Å²) in [6.45, 7) is 8.21. The van der Waals surface area contributed by atoms with Crippen molar-refractivity contribution in [3.05, 3.63) is 6.20 Å². The zero-order valence-electron chi connectivity index (χ0n) is 11.3. The molecule has 1 aromatic heterocycles. The molecule has 104 valence electrons. The molecule has 0 spiro atoms. The Morgan fingerprint density at radius 3 is 2.56 bits per heavy atom. The van der Waals surface area contributed by atoms with Crippen LogP contribution in [-0.4, -0.2) is 24.7 Å². The summed E-state index contributed by atoms with van der Waals surface area (Å²) in [7, 11) is -3.57. The fourth-order valence-electron chi connectivity index (χ4n) is 1.44. The zero-order chi connectivity index (χ0) is 13.9. The van der Waals surface area contributed by atoms with Crippen molar-refractivity contribution in [2.75, 3.05) is 12.3 Å². The number of nitrogen functional groups attached to an aromatic ring is 1. The van der Waals surface area contributed by atoms with E-state index in [-0.39, 0.29) is 22.7 Å². The molecule has 3 N–H and O–H groups in total. The Labute approximate surface area is 109 Å². The third-order valence-corrected chi connectivity index (χ3v) is 4.22. The van der Waals surface area contributed by atoms with Crippen LogP contribution in [0, 0.1) is 5.92 Å². The van der Waals surface area contributed by atoms with Gasteiger partial charge in [-0.1, -0.05) is 20.8 Å². The first-order valence-electron chi connectivity index (χ1n) is 6.12. The number of sulfonamides is 1. The van der Waals surface area contributed by atoms with Gasteiger partial charge in [0, 0.05) is 6.54 Å². The van der Waals surface area contributed by atoms with E-state index in [4.69, 9.17) is 5.73 Å². The molecule has 1 heterocycles. The summed E-state index contributed by atoms with van der Waals surface area (Å²) in [5.41, 5.74) is 5.85. The predicted octanol–water partition coefficient (Wildman–Crippen LogP) is 1.37. The summed E-state index contributed by atoms with van der Waals surface area (Å²) < 4.78 is 28.1. The van der Waals surface area contributed by atoms with Gasteiger partial charge in [0.1, 0.15) is 10.7 Å². The first-order chi connectivity index (χ1) is 8.29. The van der Waals surface area contributed by atoms with Crippen LogP contribution >= 0.6 is 0 Å². The summed E-state index contributed by atoms with van der Waals surface area (Å²) in [6, 6.07) is 0.0825. The number of aromatic nitrogens is 2. The fourth-order valence-corrected chi connectivity index (χ4v) is 2.70. The molecule has 0 saturated heterocycles. The third-order valence-electron chi connectivity index (χ3n) is 2.78. The minimum absolute atomic E-state index is 0.0588. The van der Waals surface area contributed by atoms with Gasteiger partial charge in [-0.25, -0.2) is 17.8 Å². The maximum atomic E-state index is 12.0. The van der Waals surface area contributed by atoms with Crippen LogP contribution < -0.4 is 10.5 Å². The van der Waals surface area contributed by atoms with E-state index in [1.807, 2.05) is 27.7 Å². The fraction of sp³-hybridized carbons (Fsp3) is 0.727. The summed E-state index contributed by atoms with van der Waals surface area (Å²) >= 11 is 0. The Morgan fingerprint density at radius 2 is 2.06 bits per heavy atom. The molecular formula is C11H22N4O2S. The van der Waals surface area contributed by atoms with Gasteiger partial charge in [0.15, 0.2) is 0 Å². The molecule has 0 aliphatic rings. The monoisotopic (exact) mass is 274 g/mol. The van der Waals surface area contributed by atoms with E-state index in [1.165, 1.54) is 6.20 Å². The van der Waals surface area contributed by atoms with Crippen molar-refractivity contribution in [1.29, 1.82) is 0 Å². The maximum Gasteiger partial charge on any atom is 0.245 e. The molecular weight excluding hydrogens is 252 g/mol. The molecule has 0 bridgehead atoms. The van der Waals surface area contributed by atoms with Gasteiger partial charge in [-0.05, 0) is 19.3 Å². The van der Waals surface area contributed by atoms with Crippen LogP contribution in [0.15, 0.2) is 11.1 Å². The maximum absolute atomic E-state index is 12.0. The van der Waals surface area contributed by atoms with Gasteiger partial charge in [0.2, 0.25) is 10.0 Å². The van der Waals surface area contributed by atoms with Crippen LogP contribution in [0.2, 0.25) is 0 Å². The average molecular weight is 274 g/mol. The number of nitrogens with one attached hydrogen (secondary N) is 1. The van der Waals surface area contributed by atoms with Crippen LogP contribution in [0.3, 0.4) is 0 Å². The third kappa shape index (κ3) is 3.23. The normalized spacial score (nSPS) is 14.1. The molecule has 0 aliphatic carbocycles. The molecule has 0 saturated carbocycles. The molecule has 0 radical (unpaired) electrons. The number of nitrogens with two attached hydrogens (primary N) is 1. The lowest BCUT2D eigenvalue weighted by molar-refractivity contribution is 0.484. The van der Waals surface area contributed by atoms with E-state index in [1.54, 1.807) is 4.68 Å². The van der Waals surface area contributed by atoms with Crippen molar-refractivity contribution in [2.24, 2.45) is 5.92 Å². The molecule has 18 heavy (non-hydrogen) atoms. The first-order valence-corrected chi connectivity index (χ1v) is 7.60. The van der Waals surface area contributed by atoms with Crippen LogP contribution in [0.1, 0.15) is 40.2 Å². The molecule has 0 aliphatic heterocycles. The van der Waals surface area contributed by atoms with Gasteiger partial charge in [0.25, 0.3) is 0 Å². The van der Waals surface area contributed by atoms with Gasteiger partial charge in [0.05, 0.1) is 12.2 Å². The van der Waals surface area contributed by atoms with Crippen LogP contribution in [0.4, 0.5) is 5.82 Å². The van der Waals surface area contributed by atoms with Crippen molar-refractivity contribution < 1.29 is 8.42 Å². The van der Waals surface area contributed by atoms with Gasteiger partial charge in [-0.3, -0.25) is 0 Å². The second-order valence-corrected chi connectivity index (χ2v) is 6.58. The molecule has 6 nitrogen and oxygen atoms in total.